The highest BCUT2D eigenvalue weighted by Crippen LogP contribution is 2.28. The Hall–Kier alpha value is -3.75. The smallest absolute Gasteiger partial charge is 0.331 e. The molecule has 0 bridgehead atoms. The summed E-state index contributed by atoms with van der Waals surface area (Å²) in [6.07, 6.45) is 4.87. The lowest BCUT2D eigenvalue weighted by molar-refractivity contribution is -0.136. The van der Waals surface area contributed by atoms with E-state index in [0.717, 1.165) is 33.2 Å². The zero-order chi connectivity index (χ0) is 24.8. The van der Waals surface area contributed by atoms with Gasteiger partial charge >= 0.3 is 5.97 Å². The van der Waals surface area contributed by atoms with Crippen molar-refractivity contribution in [2.24, 2.45) is 0 Å². The zero-order valence-corrected chi connectivity index (χ0v) is 20.7. The first-order valence-electron chi connectivity index (χ1n) is 11.2. The monoisotopic (exact) mass is 489 g/mol. The van der Waals surface area contributed by atoms with Gasteiger partial charge in [0.15, 0.2) is 6.61 Å². The number of carbonyl (C=O) groups excluding carboxylic acids is 2. The van der Waals surface area contributed by atoms with Crippen molar-refractivity contribution in [3.63, 3.8) is 0 Å². The van der Waals surface area contributed by atoms with Crippen LogP contribution in [0.15, 0.2) is 66.2 Å². The normalized spacial score (nSPS) is 11.3. The molecule has 0 aliphatic carbocycles. The van der Waals surface area contributed by atoms with Crippen molar-refractivity contribution in [2.45, 2.75) is 20.4 Å². The molecule has 0 radical (unpaired) electrons. The summed E-state index contributed by atoms with van der Waals surface area (Å²) in [7, 11) is 1.64. The van der Waals surface area contributed by atoms with E-state index in [9.17, 15) is 9.59 Å². The topological polar surface area (TPSA) is 75.3 Å². The molecule has 0 aliphatic heterocycles. The third-order valence-electron chi connectivity index (χ3n) is 5.66. The molecular formula is C27H27N3O4S. The van der Waals surface area contributed by atoms with Crippen LogP contribution in [0.5, 0.6) is 0 Å². The Balaban J connectivity index is 1.46. The van der Waals surface area contributed by atoms with Crippen molar-refractivity contribution < 1.29 is 19.1 Å². The molecule has 1 aromatic carbocycles. The number of aryl methyl sites for hydroxylation is 1. The standard InChI is InChI=1S/C27H27N3O4S/c1-19-16-23(20(2)29(19)13-14-33-3)24(31)18-34-26(32)12-11-21-17-30(22-8-5-4-6-9-22)28-27(21)25-10-7-15-35-25/h4-12,15-17H,13-14,18H2,1-3H3. The minimum Gasteiger partial charge on any atom is -0.454 e. The fourth-order valence-electron chi connectivity index (χ4n) is 3.86. The van der Waals surface area contributed by atoms with Crippen LogP contribution in [0, 0.1) is 13.8 Å². The summed E-state index contributed by atoms with van der Waals surface area (Å²) in [4.78, 5) is 26.1. The summed E-state index contributed by atoms with van der Waals surface area (Å²) in [6, 6.07) is 15.5. The van der Waals surface area contributed by atoms with Crippen molar-refractivity contribution in [2.75, 3.05) is 20.3 Å². The fraction of sp³-hybridized carbons (Fsp3) is 0.222. The third-order valence-corrected chi connectivity index (χ3v) is 6.53. The van der Waals surface area contributed by atoms with E-state index in [1.807, 2.05) is 78.5 Å². The summed E-state index contributed by atoms with van der Waals surface area (Å²) in [5.74, 6) is -0.823. The van der Waals surface area contributed by atoms with E-state index in [1.165, 1.54) is 6.08 Å². The molecule has 8 heteroatoms. The lowest BCUT2D eigenvalue weighted by Crippen LogP contribution is -2.14. The van der Waals surface area contributed by atoms with Crippen LogP contribution in [0.1, 0.15) is 27.3 Å². The molecule has 35 heavy (non-hydrogen) atoms. The van der Waals surface area contributed by atoms with E-state index in [4.69, 9.17) is 14.6 Å². The molecule has 180 valence electrons. The van der Waals surface area contributed by atoms with E-state index >= 15 is 0 Å². The lowest BCUT2D eigenvalue weighted by Gasteiger charge is -2.08. The molecule has 0 fully saturated rings. The van der Waals surface area contributed by atoms with Gasteiger partial charge in [-0.1, -0.05) is 24.3 Å². The maximum absolute atomic E-state index is 12.7. The first-order valence-corrected chi connectivity index (χ1v) is 12.1. The number of Topliss-reactive ketones (excluding diaryl/α,β-unsaturated/α-hetero) is 1. The average molecular weight is 490 g/mol. The van der Waals surface area contributed by atoms with E-state index < -0.39 is 5.97 Å². The van der Waals surface area contributed by atoms with Crippen LogP contribution in [0.2, 0.25) is 0 Å². The second-order valence-electron chi connectivity index (χ2n) is 7.98. The van der Waals surface area contributed by atoms with Gasteiger partial charge in [0.2, 0.25) is 5.78 Å². The molecule has 0 spiro atoms. The maximum atomic E-state index is 12.7. The van der Waals surface area contributed by atoms with E-state index in [1.54, 1.807) is 29.2 Å². The molecule has 4 rings (SSSR count). The van der Waals surface area contributed by atoms with Crippen LogP contribution >= 0.6 is 11.3 Å². The van der Waals surface area contributed by atoms with Crippen molar-refractivity contribution >= 4 is 29.2 Å². The van der Waals surface area contributed by atoms with Gasteiger partial charge in [0, 0.05) is 48.4 Å². The number of esters is 1. The number of ether oxygens (including phenoxy) is 2. The first-order chi connectivity index (χ1) is 17.0. The van der Waals surface area contributed by atoms with Gasteiger partial charge < -0.3 is 14.0 Å². The molecule has 0 atom stereocenters. The number of benzene rings is 1. The van der Waals surface area contributed by atoms with Crippen LogP contribution in [0.3, 0.4) is 0 Å². The molecule has 0 unspecified atom stereocenters. The second-order valence-corrected chi connectivity index (χ2v) is 8.93. The maximum Gasteiger partial charge on any atom is 0.331 e. The predicted octanol–water partition coefficient (Wildman–Crippen LogP) is 5.10. The average Bonchev–Trinajstić information content (AvgIpc) is 3.60. The zero-order valence-electron chi connectivity index (χ0n) is 19.9. The first kappa shape index (κ1) is 24.4. The number of thiophene rings is 1. The molecule has 0 saturated carbocycles. The SMILES string of the molecule is COCCn1c(C)cc(C(=O)COC(=O)C=Cc2cn(-c3ccccc3)nc2-c2cccs2)c1C. The van der Waals surface area contributed by atoms with Crippen LogP contribution in [-0.2, 0) is 20.8 Å². The van der Waals surface area contributed by atoms with E-state index in [-0.39, 0.29) is 12.4 Å². The summed E-state index contributed by atoms with van der Waals surface area (Å²) >= 11 is 1.57. The van der Waals surface area contributed by atoms with Crippen LogP contribution in [-0.4, -0.2) is 46.4 Å². The minimum atomic E-state index is -0.587. The Bertz CT molecular complexity index is 1330. The van der Waals surface area contributed by atoms with Gasteiger partial charge in [-0.15, -0.1) is 11.3 Å². The molecule has 0 amide bonds. The number of aromatic nitrogens is 3. The van der Waals surface area contributed by atoms with Gasteiger partial charge in [0.1, 0.15) is 5.69 Å². The van der Waals surface area contributed by atoms with Crippen molar-refractivity contribution in [3.05, 3.63) is 88.7 Å². The van der Waals surface area contributed by atoms with Gasteiger partial charge in [-0.25, -0.2) is 9.48 Å². The minimum absolute atomic E-state index is 0.236. The number of methoxy groups -OCH3 is 1. The largest absolute Gasteiger partial charge is 0.454 e. The number of rotatable bonds is 10. The molecule has 3 heterocycles. The number of ketones is 1. The molecule has 3 aromatic heterocycles. The predicted molar refractivity (Wildman–Crippen MR) is 137 cm³/mol. The van der Waals surface area contributed by atoms with Crippen LogP contribution in [0.25, 0.3) is 22.3 Å². The van der Waals surface area contributed by atoms with Crippen LogP contribution in [0.4, 0.5) is 0 Å². The fourth-order valence-corrected chi connectivity index (χ4v) is 4.59. The van der Waals surface area contributed by atoms with Gasteiger partial charge in [0.25, 0.3) is 0 Å². The summed E-state index contributed by atoms with van der Waals surface area (Å²) in [5.41, 5.74) is 4.82. The van der Waals surface area contributed by atoms with Crippen molar-refractivity contribution in [1.82, 2.24) is 14.3 Å². The van der Waals surface area contributed by atoms with E-state index in [0.29, 0.717) is 18.7 Å². The van der Waals surface area contributed by atoms with Gasteiger partial charge in [-0.2, -0.15) is 5.10 Å². The van der Waals surface area contributed by atoms with Gasteiger partial charge in [-0.05, 0) is 49.6 Å². The summed E-state index contributed by atoms with van der Waals surface area (Å²) in [5, 5.41) is 6.70. The Morgan fingerprint density at radius 1 is 1.11 bits per heavy atom. The van der Waals surface area contributed by atoms with Crippen LogP contribution < -0.4 is 0 Å². The Morgan fingerprint density at radius 2 is 1.91 bits per heavy atom. The Labute approximate surface area is 208 Å². The Kier molecular flexibility index (Phi) is 7.74. The number of hydrogen-bond acceptors (Lipinski definition) is 6. The summed E-state index contributed by atoms with van der Waals surface area (Å²) < 4.78 is 14.2. The molecule has 0 saturated heterocycles. The summed E-state index contributed by atoms with van der Waals surface area (Å²) in [6.45, 7) is 4.72. The highest BCUT2D eigenvalue weighted by atomic mass is 32.1. The number of carbonyl (C=O) groups is 2. The lowest BCUT2D eigenvalue weighted by atomic mass is 10.1. The number of hydrogen-bond donors (Lipinski definition) is 0. The van der Waals surface area contributed by atoms with Gasteiger partial charge in [0.05, 0.1) is 17.2 Å². The molecule has 0 N–H and O–H groups in total. The molecular weight excluding hydrogens is 462 g/mol. The molecule has 0 aliphatic rings. The highest BCUT2D eigenvalue weighted by Gasteiger charge is 2.17. The quantitative estimate of drug-likeness (QED) is 0.176. The Morgan fingerprint density at radius 3 is 2.63 bits per heavy atom. The van der Waals surface area contributed by atoms with Crippen molar-refractivity contribution in [1.29, 1.82) is 0 Å². The molecule has 7 nitrogen and oxygen atoms in total. The van der Waals surface area contributed by atoms with Gasteiger partial charge in [-0.3, -0.25) is 4.79 Å². The van der Waals surface area contributed by atoms with Crippen molar-refractivity contribution in [3.8, 4) is 16.3 Å². The third kappa shape index (κ3) is 5.67. The van der Waals surface area contributed by atoms with E-state index in [2.05, 4.69) is 0 Å². The number of para-hydroxylation sites is 1. The molecule has 4 aromatic rings. The number of nitrogens with zero attached hydrogens (tertiary/aromatic N) is 3. The second kappa shape index (κ2) is 11.1. The highest BCUT2D eigenvalue weighted by molar-refractivity contribution is 7.13.